The third-order valence-electron chi connectivity index (χ3n) is 2.24. The Labute approximate surface area is 88.7 Å². The van der Waals surface area contributed by atoms with E-state index in [0.29, 0.717) is 12.2 Å². The minimum Gasteiger partial charge on any atom is -0.361 e. The molecule has 1 rings (SSSR count). The van der Waals surface area contributed by atoms with Crippen molar-refractivity contribution >= 4 is 0 Å². The first kappa shape index (κ1) is 11.5. The Balaban J connectivity index is 3.28. The highest BCUT2D eigenvalue weighted by Gasteiger charge is 2.09. The summed E-state index contributed by atoms with van der Waals surface area (Å²) in [5, 5.41) is 8.84. The highest BCUT2D eigenvalue weighted by atomic mass is 16.5. The number of hydrogen-bond donors (Lipinski definition) is 0. The highest BCUT2D eigenvalue weighted by molar-refractivity contribution is 5.35. The van der Waals surface area contributed by atoms with Crippen molar-refractivity contribution in [3.8, 4) is 6.07 Å². The average molecular weight is 206 g/mol. The molecule has 0 saturated heterocycles. The molecule has 0 aliphatic carbocycles. The lowest BCUT2D eigenvalue weighted by atomic mass is 10.1. The van der Waals surface area contributed by atoms with Crippen LogP contribution in [0.4, 0.5) is 0 Å². The van der Waals surface area contributed by atoms with Gasteiger partial charge in [0.25, 0.3) is 5.56 Å². The van der Waals surface area contributed by atoms with Crippen molar-refractivity contribution in [2.24, 2.45) is 0 Å². The van der Waals surface area contributed by atoms with Crippen molar-refractivity contribution in [1.29, 1.82) is 5.26 Å². The molecule has 0 radical (unpaired) electrons. The lowest BCUT2D eigenvalue weighted by Crippen LogP contribution is -2.26. The fourth-order valence-electron chi connectivity index (χ4n) is 1.41. The molecule has 1 aromatic heterocycles. The summed E-state index contributed by atoms with van der Waals surface area (Å²) in [7, 11) is 0. The standard InChI is InChI=1S/C11H14N2O2/c1-4-15-7-13-9(3)5-8(2)10(6-12)11(13)14/h5H,4,7H2,1-3H3. The molecule has 0 spiro atoms. The molecule has 0 bridgehead atoms. The predicted molar refractivity (Wildman–Crippen MR) is 56.5 cm³/mol. The summed E-state index contributed by atoms with van der Waals surface area (Å²) in [5.41, 5.74) is 1.45. The molecule has 0 N–H and O–H groups in total. The fraction of sp³-hybridized carbons (Fsp3) is 0.455. The fourth-order valence-corrected chi connectivity index (χ4v) is 1.41. The van der Waals surface area contributed by atoms with Gasteiger partial charge in [-0.25, -0.2) is 0 Å². The monoisotopic (exact) mass is 206 g/mol. The largest absolute Gasteiger partial charge is 0.361 e. The number of nitriles is 1. The Morgan fingerprint density at radius 1 is 1.53 bits per heavy atom. The van der Waals surface area contributed by atoms with Crippen LogP contribution in [-0.2, 0) is 11.5 Å². The minimum atomic E-state index is -0.275. The third-order valence-corrected chi connectivity index (χ3v) is 2.24. The van der Waals surface area contributed by atoms with Crippen LogP contribution in [0.25, 0.3) is 0 Å². The number of ether oxygens (including phenoxy) is 1. The third kappa shape index (κ3) is 2.25. The molecule has 4 nitrogen and oxygen atoms in total. The summed E-state index contributed by atoms with van der Waals surface area (Å²) < 4.78 is 6.64. The first-order chi connectivity index (χ1) is 7.11. The molecule has 80 valence electrons. The van der Waals surface area contributed by atoms with Crippen LogP contribution in [0, 0.1) is 25.2 Å². The Hall–Kier alpha value is -1.60. The van der Waals surface area contributed by atoms with Gasteiger partial charge in [0.1, 0.15) is 18.4 Å². The van der Waals surface area contributed by atoms with Crippen LogP contribution >= 0.6 is 0 Å². The van der Waals surface area contributed by atoms with E-state index < -0.39 is 0 Å². The number of aromatic nitrogens is 1. The molecule has 0 amide bonds. The molecule has 1 aromatic rings. The van der Waals surface area contributed by atoms with Crippen LogP contribution in [0.15, 0.2) is 10.9 Å². The quantitative estimate of drug-likeness (QED) is 0.749. The van der Waals surface area contributed by atoms with Gasteiger partial charge in [-0.15, -0.1) is 0 Å². The zero-order valence-corrected chi connectivity index (χ0v) is 9.20. The first-order valence-electron chi connectivity index (χ1n) is 4.80. The summed E-state index contributed by atoms with van der Waals surface area (Å²) >= 11 is 0. The molecule has 0 saturated carbocycles. The highest BCUT2D eigenvalue weighted by Crippen LogP contribution is 2.05. The van der Waals surface area contributed by atoms with E-state index in [1.807, 2.05) is 26.0 Å². The van der Waals surface area contributed by atoms with Crippen LogP contribution < -0.4 is 5.56 Å². The zero-order chi connectivity index (χ0) is 11.4. The van der Waals surface area contributed by atoms with Crippen molar-refractivity contribution < 1.29 is 4.74 Å². The second-order valence-corrected chi connectivity index (χ2v) is 3.31. The van der Waals surface area contributed by atoms with Crippen molar-refractivity contribution in [2.45, 2.75) is 27.5 Å². The molecule has 0 fully saturated rings. The molecule has 0 atom stereocenters. The van der Waals surface area contributed by atoms with Gasteiger partial charge in [-0.2, -0.15) is 5.26 Å². The summed E-state index contributed by atoms with van der Waals surface area (Å²) in [4.78, 5) is 11.8. The Bertz CT molecular complexity index is 455. The first-order valence-corrected chi connectivity index (χ1v) is 4.80. The molecule has 0 aliphatic rings. The molecule has 15 heavy (non-hydrogen) atoms. The second kappa shape index (κ2) is 4.76. The van der Waals surface area contributed by atoms with E-state index in [1.165, 1.54) is 4.57 Å². The molecular weight excluding hydrogens is 192 g/mol. The Kier molecular flexibility index (Phi) is 3.64. The van der Waals surface area contributed by atoms with Crippen molar-refractivity contribution in [2.75, 3.05) is 6.61 Å². The van der Waals surface area contributed by atoms with Gasteiger partial charge in [-0.3, -0.25) is 9.36 Å². The predicted octanol–water partition coefficient (Wildman–Crippen LogP) is 1.33. The van der Waals surface area contributed by atoms with Gasteiger partial charge in [0.15, 0.2) is 0 Å². The number of rotatable bonds is 3. The van der Waals surface area contributed by atoms with Gasteiger partial charge in [0.2, 0.25) is 0 Å². The van der Waals surface area contributed by atoms with Gasteiger partial charge < -0.3 is 4.74 Å². The van der Waals surface area contributed by atoms with E-state index >= 15 is 0 Å². The van der Waals surface area contributed by atoms with Crippen molar-refractivity contribution in [1.82, 2.24) is 4.57 Å². The second-order valence-electron chi connectivity index (χ2n) is 3.31. The molecule has 0 aromatic carbocycles. The van der Waals surface area contributed by atoms with E-state index in [2.05, 4.69) is 0 Å². The van der Waals surface area contributed by atoms with E-state index in [-0.39, 0.29) is 17.9 Å². The van der Waals surface area contributed by atoms with Gasteiger partial charge in [0, 0.05) is 12.3 Å². The lowest BCUT2D eigenvalue weighted by Gasteiger charge is -2.11. The number of hydrogen-bond acceptors (Lipinski definition) is 3. The van der Waals surface area contributed by atoms with Crippen molar-refractivity contribution in [3.05, 3.63) is 33.2 Å². The summed E-state index contributed by atoms with van der Waals surface area (Å²) in [6.45, 7) is 6.20. The maximum atomic E-state index is 11.8. The average Bonchev–Trinajstić information content (AvgIpc) is 2.17. The van der Waals surface area contributed by atoms with Crippen molar-refractivity contribution in [3.63, 3.8) is 0 Å². The summed E-state index contributed by atoms with van der Waals surface area (Å²) in [6, 6.07) is 3.74. The number of pyridine rings is 1. The van der Waals surface area contributed by atoms with E-state index in [4.69, 9.17) is 10.00 Å². The van der Waals surface area contributed by atoms with Crippen LogP contribution in [-0.4, -0.2) is 11.2 Å². The van der Waals surface area contributed by atoms with Crippen LogP contribution in [0.3, 0.4) is 0 Å². The topological polar surface area (TPSA) is 55.0 Å². The smallest absolute Gasteiger partial charge is 0.270 e. The maximum absolute atomic E-state index is 11.8. The van der Waals surface area contributed by atoms with Gasteiger partial charge in [0.05, 0.1) is 0 Å². The molecule has 1 heterocycles. The van der Waals surface area contributed by atoms with E-state index in [9.17, 15) is 4.79 Å². The van der Waals surface area contributed by atoms with Gasteiger partial charge in [-0.1, -0.05) is 0 Å². The van der Waals surface area contributed by atoms with Crippen LogP contribution in [0.5, 0.6) is 0 Å². The zero-order valence-electron chi connectivity index (χ0n) is 9.20. The van der Waals surface area contributed by atoms with Crippen LogP contribution in [0.1, 0.15) is 23.7 Å². The molecule has 0 unspecified atom stereocenters. The number of aryl methyl sites for hydroxylation is 2. The molecule has 0 aliphatic heterocycles. The van der Waals surface area contributed by atoms with E-state index in [1.54, 1.807) is 6.92 Å². The normalized spacial score (nSPS) is 10.0. The lowest BCUT2D eigenvalue weighted by molar-refractivity contribution is 0.0839. The summed E-state index contributed by atoms with van der Waals surface area (Å²) in [6.07, 6.45) is 0. The summed E-state index contributed by atoms with van der Waals surface area (Å²) in [5.74, 6) is 0. The Morgan fingerprint density at radius 3 is 2.73 bits per heavy atom. The SMILES string of the molecule is CCOCn1c(C)cc(C)c(C#N)c1=O. The van der Waals surface area contributed by atoms with Crippen LogP contribution in [0.2, 0.25) is 0 Å². The Morgan fingerprint density at radius 2 is 2.20 bits per heavy atom. The molecule has 4 heteroatoms. The minimum absolute atomic E-state index is 0.195. The van der Waals surface area contributed by atoms with Gasteiger partial charge in [-0.05, 0) is 32.4 Å². The number of nitrogens with zero attached hydrogens (tertiary/aromatic N) is 2. The van der Waals surface area contributed by atoms with E-state index in [0.717, 1.165) is 5.69 Å². The molecular formula is C11H14N2O2. The maximum Gasteiger partial charge on any atom is 0.270 e. The van der Waals surface area contributed by atoms with Gasteiger partial charge >= 0.3 is 0 Å².